The van der Waals surface area contributed by atoms with Crippen molar-refractivity contribution in [3.63, 3.8) is 0 Å². The molecule has 126 valence electrons. The maximum absolute atomic E-state index is 13.3. The van der Waals surface area contributed by atoms with Crippen LogP contribution < -0.4 is 10.5 Å². The Bertz CT molecular complexity index is 912. The third-order valence-electron chi connectivity index (χ3n) is 4.17. The van der Waals surface area contributed by atoms with Crippen molar-refractivity contribution in [2.24, 2.45) is 11.1 Å². The van der Waals surface area contributed by atoms with Gasteiger partial charge >= 0.3 is 0 Å². The largest absolute Gasteiger partial charge is 0.326 e. The number of hydrogen-bond acceptors (Lipinski definition) is 3. The molecular weight excluding hydrogens is 331 g/mol. The summed E-state index contributed by atoms with van der Waals surface area (Å²) in [5.74, 6) is -0.793. The number of benzene rings is 2. The lowest BCUT2D eigenvalue weighted by Gasteiger charge is -2.09. The first kappa shape index (κ1) is 16.6. The molecule has 7 heteroatoms. The van der Waals surface area contributed by atoms with Gasteiger partial charge in [0, 0.05) is 11.6 Å². The van der Waals surface area contributed by atoms with E-state index in [1.165, 1.54) is 18.2 Å². The molecule has 0 bridgehead atoms. The van der Waals surface area contributed by atoms with E-state index in [9.17, 15) is 17.6 Å². The minimum atomic E-state index is -3.85. The van der Waals surface area contributed by atoms with Gasteiger partial charge in [0.1, 0.15) is 5.82 Å². The van der Waals surface area contributed by atoms with Gasteiger partial charge < -0.3 is 5.32 Å². The van der Waals surface area contributed by atoms with Gasteiger partial charge in [0.15, 0.2) is 0 Å². The molecule has 0 spiro atoms. The fourth-order valence-electron chi connectivity index (χ4n) is 2.81. The van der Waals surface area contributed by atoms with E-state index in [4.69, 9.17) is 5.14 Å². The Kier molecular flexibility index (Phi) is 4.15. The highest BCUT2D eigenvalue weighted by Crippen LogP contribution is 2.48. The summed E-state index contributed by atoms with van der Waals surface area (Å²) in [7, 11) is -3.85. The van der Waals surface area contributed by atoms with Gasteiger partial charge in [-0.1, -0.05) is 18.2 Å². The standard InChI is InChI=1S/C17H17FN2O3S/c1-10-5-6-13(8-16(10)24(19,22)23)20-17(21)15-9-14(15)11-3-2-4-12(18)7-11/h2-8,14-15H,9H2,1H3,(H,20,21)(H2,19,22,23). The van der Waals surface area contributed by atoms with Crippen molar-refractivity contribution < 1.29 is 17.6 Å². The number of rotatable bonds is 4. The molecule has 3 N–H and O–H groups in total. The lowest BCUT2D eigenvalue weighted by atomic mass is 10.1. The zero-order chi connectivity index (χ0) is 17.5. The van der Waals surface area contributed by atoms with E-state index in [1.807, 2.05) is 0 Å². The van der Waals surface area contributed by atoms with E-state index in [1.54, 1.807) is 31.2 Å². The Hall–Kier alpha value is -2.25. The van der Waals surface area contributed by atoms with Crippen LogP contribution in [0.25, 0.3) is 0 Å². The zero-order valence-electron chi connectivity index (χ0n) is 13.0. The molecule has 24 heavy (non-hydrogen) atoms. The van der Waals surface area contributed by atoms with Crippen LogP contribution in [0.3, 0.4) is 0 Å². The molecule has 0 heterocycles. The number of anilines is 1. The highest BCUT2D eigenvalue weighted by Gasteiger charge is 2.44. The summed E-state index contributed by atoms with van der Waals surface area (Å²) < 4.78 is 36.3. The number of carbonyl (C=O) groups is 1. The van der Waals surface area contributed by atoms with E-state index in [0.29, 0.717) is 17.7 Å². The molecule has 2 aromatic rings. The fraction of sp³-hybridized carbons (Fsp3) is 0.235. The Morgan fingerprint density at radius 3 is 2.67 bits per heavy atom. The molecule has 0 radical (unpaired) electrons. The van der Waals surface area contributed by atoms with Gasteiger partial charge in [-0.05, 0) is 54.7 Å². The summed E-state index contributed by atoms with van der Waals surface area (Å²) >= 11 is 0. The maximum atomic E-state index is 13.3. The SMILES string of the molecule is Cc1ccc(NC(=O)C2CC2c2cccc(F)c2)cc1S(N)(=O)=O. The van der Waals surface area contributed by atoms with Crippen LogP contribution in [0.4, 0.5) is 10.1 Å². The van der Waals surface area contributed by atoms with Crippen LogP contribution in [0.5, 0.6) is 0 Å². The number of carbonyl (C=O) groups excluding carboxylic acids is 1. The Morgan fingerprint density at radius 1 is 1.25 bits per heavy atom. The van der Waals surface area contributed by atoms with Crippen molar-refractivity contribution in [2.75, 3.05) is 5.32 Å². The Labute approximate surface area is 139 Å². The first-order chi connectivity index (χ1) is 11.3. The minimum absolute atomic E-state index is 0.0103. The number of hydrogen-bond donors (Lipinski definition) is 2. The number of halogens is 1. The average molecular weight is 348 g/mol. The molecule has 2 aromatic carbocycles. The first-order valence-electron chi connectivity index (χ1n) is 7.45. The monoisotopic (exact) mass is 348 g/mol. The lowest BCUT2D eigenvalue weighted by Crippen LogP contribution is -2.17. The van der Waals surface area contributed by atoms with Gasteiger partial charge in [-0.15, -0.1) is 0 Å². The van der Waals surface area contributed by atoms with Crippen LogP contribution in [-0.2, 0) is 14.8 Å². The number of aryl methyl sites for hydroxylation is 1. The number of amides is 1. The third-order valence-corrected chi connectivity index (χ3v) is 5.22. The molecule has 2 unspecified atom stereocenters. The molecule has 3 rings (SSSR count). The Balaban J connectivity index is 1.73. The van der Waals surface area contributed by atoms with E-state index >= 15 is 0 Å². The third kappa shape index (κ3) is 3.47. The van der Waals surface area contributed by atoms with E-state index in [0.717, 1.165) is 5.56 Å². The second kappa shape index (κ2) is 5.99. The lowest BCUT2D eigenvalue weighted by molar-refractivity contribution is -0.117. The molecule has 1 fully saturated rings. The summed E-state index contributed by atoms with van der Waals surface area (Å²) in [5.41, 5.74) is 1.68. The average Bonchev–Trinajstić information content (AvgIpc) is 3.28. The van der Waals surface area contributed by atoms with Crippen LogP contribution in [0.2, 0.25) is 0 Å². The van der Waals surface area contributed by atoms with Gasteiger partial charge in [-0.3, -0.25) is 4.79 Å². The number of nitrogens with two attached hydrogens (primary N) is 1. The van der Waals surface area contributed by atoms with Crippen LogP contribution in [0.15, 0.2) is 47.4 Å². The first-order valence-corrected chi connectivity index (χ1v) is 9.00. The molecule has 2 atom stereocenters. The molecule has 1 amide bonds. The van der Waals surface area contributed by atoms with E-state index in [-0.39, 0.29) is 28.5 Å². The van der Waals surface area contributed by atoms with Crippen molar-refractivity contribution in [3.05, 3.63) is 59.4 Å². The summed E-state index contributed by atoms with van der Waals surface area (Å²) in [6, 6.07) is 10.8. The number of nitrogens with one attached hydrogen (secondary N) is 1. The second-order valence-electron chi connectivity index (χ2n) is 6.02. The van der Waals surface area contributed by atoms with Gasteiger partial charge in [0.2, 0.25) is 15.9 Å². The topological polar surface area (TPSA) is 89.3 Å². The van der Waals surface area contributed by atoms with Gasteiger partial charge in [-0.2, -0.15) is 0 Å². The van der Waals surface area contributed by atoms with Crippen molar-refractivity contribution >= 4 is 21.6 Å². The smallest absolute Gasteiger partial charge is 0.238 e. The molecule has 0 aliphatic heterocycles. The van der Waals surface area contributed by atoms with E-state index < -0.39 is 10.0 Å². The van der Waals surface area contributed by atoms with Crippen molar-refractivity contribution in [2.45, 2.75) is 24.2 Å². The van der Waals surface area contributed by atoms with Crippen molar-refractivity contribution in [1.82, 2.24) is 0 Å². The summed E-state index contributed by atoms with van der Waals surface area (Å²) in [5, 5.41) is 7.87. The van der Waals surface area contributed by atoms with Crippen molar-refractivity contribution in [3.8, 4) is 0 Å². The highest BCUT2D eigenvalue weighted by atomic mass is 32.2. The predicted octanol–water partition coefficient (Wildman–Crippen LogP) is 2.52. The molecule has 1 aliphatic rings. The molecular formula is C17H17FN2O3S. The zero-order valence-corrected chi connectivity index (χ0v) is 13.8. The van der Waals surface area contributed by atoms with Gasteiger partial charge in [0.25, 0.3) is 0 Å². The summed E-state index contributed by atoms with van der Waals surface area (Å²) in [4.78, 5) is 12.3. The quantitative estimate of drug-likeness (QED) is 0.890. The molecule has 1 aliphatic carbocycles. The maximum Gasteiger partial charge on any atom is 0.238 e. The second-order valence-corrected chi connectivity index (χ2v) is 7.55. The fourth-order valence-corrected chi connectivity index (χ4v) is 3.62. The highest BCUT2D eigenvalue weighted by molar-refractivity contribution is 7.89. The van der Waals surface area contributed by atoms with E-state index in [2.05, 4.69) is 5.32 Å². The van der Waals surface area contributed by atoms with Crippen LogP contribution in [0, 0.1) is 18.7 Å². The molecule has 0 saturated heterocycles. The number of primary sulfonamides is 1. The van der Waals surface area contributed by atoms with Crippen LogP contribution in [-0.4, -0.2) is 14.3 Å². The molecule has 1 saturated carbocycles. The van der Waals surface area contributed by atoms with Crippen LogP contribution >= 0.6 is 0 Å². The molecule has 5 nitrogen and oxygen atoms in total. The minimum Gasteiger partial charge on any atom is -0.326 e. The summed E-state index contributed by atoms with van der Waals surface area (Å²) in [6.07, 6.45) is 0.642. The molecule has 0 aromatic heterocycles. The van der Waals surface area contributed by atoms with Gasteiger partial charge in [0.05, 0.1) is 4.90 Å². The summed E-state index contributed by atoms with van der Waals surface area (Å²) in [6.45, 7) is 1.63. The van der Waals surface area contributed by atoms with Crippen LogP contribution in [0.1, 0.15) is 23.5 Å². The predicted molar refractivity (Wildman–Crippen MR) is 88.4 cm³/mol. The number of sulfonamides is 1. The van der Waals surface area contributed by atoms with Crippen molar-refractivity contribution in [1.29, 1.82) is 0 Å². The normalized spacial score (nSPS) is 19.8. The Morgan fingerprint density at radius 2 is 2.00 bits per heavy atom. The van der Waals surface area contributed by atoms with Gasteiger partial charge in [-0.25, -0.2) is 17.9 Å².